The Morgan fingerprint density at radius 3 is 2.62 bits per heavy atom. The number of hydrogen-bond acceptors (Lipinski definition) is 5. The molecule has 0 bridgehead atoms. The Hall–Kier alpha value is -2.85. The van der Waals surface area contributed by atoms with Crippen LogP contribution in [-0.2, 0) is 14.3 Å². The predicted octanol–water partition coefficient (Wildman–Crippen LogP) is 5.66. The van der Waals surface area contributed by atoms with E-state index >= 15 is 0 Å². The van der Waals surface area contributed by atoms with Crippen LogP contribution in [0.25, 0.3) is 17.4 Å². The molecular weight excluding hydrogens is 451 g/mol. The number of nitriles is 1. The Labute approximate surface area is 196 Å². The first-order valence-corrected chi connectivity index (χ1v) is 10.8. The Balaban J connectivity index is 1.92. The number of furan rings is 1. The molecule has 166 valence electrons. The molecule has 6 nitrogen and oxygen atoms in total. The van der Waals surface area contributed by atoms with Crippen LogP contribution in [0.5, 0.6) is 0 Å². The molecule has 2 aromatic rings. The van der Waals surface area contributed by atoms with Gasteiger partial charge in [0.2, 0.25) is 0 Å². The zero-order chi connectivity index (χ0) is 23.4. The van der Waals surface area contributed by atoms with Crippen LogP contribution in [0.4, 0.5) is 0 Å². The van der Waals surface area contributed by atoms with Gasteiger partial charge in [0, 0.05) is 24.3 Å². The normalized spacial score (nSPS) is 15.8. The number of benzene rings is 1. The second-order valence-corrected chi connectivity index (χ2v) is 8.29. The number of carbonyl (C=O) groups is 2. The Morgan fingerprint density at radius 2 is 1.94 bits per heavy atom. The molecule has 1 aromatic carbocycles. The molecule has 0 saturated heterocycles. The number of halogens is 2. The summed E-state index contributed by atoms with van der Waals surface area (Å²) >= 11 is 12.4. The molecule has 0 aliphatic carbocycles. The van der Waals surface area contributed by atoms with Gasteiger partial charge < -0.3 is 9.15 Å². The maximum atomic E-state index is 13.1. The van der Waals surface area contributed by atoms with Crippen molar-refractivity contribution in [2.45, 2.75) is 33.3 Å². The molecule has 3 rings (SSSR count). The van der Waals surface area contributed by atoms with E-state index in [2.05, 4.69) is 0 Å². The van der Waals surface area contributed by atoms with Crippen molar-refractivity contribution in [3.63, 3.8) is 0 Å². The summed E-state index contributed by atoms with van der Waals surface area (Å²) in [7, 11) is 0. The molecule has 1 aliphatic rings. The van der Waals surface area contributed by atoms with Gasteiger partial charge in [-0.2, -0.15) is 5.26 Å². The fraction of sp³-hybridized carbons (Fsp3) is 0.292. The fourth-order valence-corrected chi connectivity index (χ4v) is 3.68. The van der Waals surface area contributed by atoms with Gasteiger partial charge in [0.15, 0.2) is 0 Å². The lowest BCUT2D eigenvalue weighted by Crippen LogP contribution is -2.43. The summed E-state index contributed by atoms with van der Waals surface area (Å²) in [6, 6.07) is 10.5. The summed E-state index contributed by atoms with van der Waals surface area (Å²) in [5, 5.41) is 10.3. The number of carbonyl (C=O) groups excluding carboxylic acids is 2. The lowest BCUT2D eigenvalue weighted by molar-refractivity contribution is -0.140. The van der Waals surface area contributed by atoms with Crippen LogP contribution < -0.4 is 0 Å². The predicted molar refractivity (Wildman–Crippen MR) is 123 cm³/mol. The SMILES string of the molecule is CC1=C(C#N)C(=O)N(CCCOC(C)C)C(=O)/C1=C/c1ccc(-c2cccc(Cl)c2Cl)o1. The lowest BCUT2D eigenvalue weighted by Gasteiger charge is -2.27. The zero-order valence-electron chi connectivity index (χ0n) is 17.9. The first-order chi connectivity index (χ1) is 15.2. The van der Waals surface area contributed by atoms with Crippen molar-refractivity contribution in [2.24, 2.45) is 0 Å². The second-order valence-electron chi connectivity index (χ2n) is 7.51. The highest BCUT2D eigenvalue weighted by Crippen LogP contribution is 2.35. The topological polar surface area (TPSA) is 83.5 Å². The molecule has 1 aromatic heterocycles. The van der Waals surface area contributed by atoms with Crippen molar-refractivity contribution in [2.75, 3.05) is 13.2 Å². The summed E-state index contributed by atoms with van der Waals surface area (Å²) in [4.78, 5) is 26.8. The monoisotopic (exact) mass is 472 g/mol. The van der Waals surface area contributed by atoms with Crippen LogP contribution in [0.1, 0.15) is 33.0 Å². The van der Waals surface area contributed by atoms with Crippen LogP contribution in [0, 0.1) is 11.3 Å². The van der Waals surface area contributed by atoms with Gasteiger partial charge in [-0.05, 0) is 63.1 Å². The highest BCUT2D eigenvalue weighted by molar-refractivity contribution is 6.43. The van der Waals surface area contributed by atoms with E-state index in [9.17, 15) is 14.9 Å². The maximum Gasteiger partial charge on any atom is 0.271 e. The maximum absolute atomic E-state index is 13.1. The summed E-state index contributed by atoms with van der Waals surface area (Å²) in [6.45, 7) is 5.96. The first-order valence-electron chi connectivity index (χ1n) is 10.1. The summed E-state index contributed by atoms with van der Waals surface area (Å²) in [5.41, 5.74) is 1.09. The van der Waals surface area contributed by atoms with Gasteiger partial charge in [-0.15, -0.1) is 0 Å². The average Bonchev–Trinajstić information content (AvgIpc) is 3.21. The van der Waals surface area contributed by atoms with E-state index in [-0.39, 0.29) is 23.8 Å². The number of rotatable bonds is 7. The standard InChI is InChI=1S/C24H22Cl2N2O4/c1-14(2)31-11-5-10-28-23(29)18(15(3)19(13-27)24(28)30)12-16-8-9-21(32-16)17-6-4-7-20(25)22(17)26/h4,6-9,12,14H,5,10-11H2,1-3H3/b18-12+. The highest BCUT2D eigenvalue weighted by atomic mass is 35.5. The molecule has 0 radical (unpaired) electrons. The molecule has 0 saturated carbocycles. The molecule has 32 heavy (non-hydrogen) atoms. The number of ether oxygens (including phenoxy) is 1. The minimum absolute atomic E-state index is 0.0520. The summed E-state index contributed by atoms with van der Waals surface area (Å²) in [5.74, 6) is -0.209. The van der Waals surface area contributed by atoms with Crippen LogP contribution in [0.15, 0.2) is 51.5 Å². The highest BCUT2D eigenvalue weighted by Gasteiger charge is 2.35. The third-order valence-corrected chi connectivity index (χ3v) is 5.75. The molecule has 0 N–H and O–H groups in total. The van der Waals surface area contributed by atoms with Crippen molar-refractivity contribution in [3.05, 3.63) is 62.9 Å². The van der Waals surface area contributed by atoms with E-state index in [0.717, 1.165) is 4.90 Å². The minimum atomic E-state index is -0.595. The Kier molecular flexibility index (Phi) is 7.57. The zero-order valence-corrected chi connectivity index (χ0v) is 19.5. The largest absolute Gasteiger partial charge is 0.457 e. The molecule has 2 amide bonds. The Bertz CT molecular complexity index is 1150. The van der Waals surface area contributed by atoms with E-state index in [1.807, 2.05) is 19.9 Å². The van der Waals surface area contributed by atoms with Gasteiger partial charge in [-0.1, -0.05) is 29.3 Å². The molecule has 0 fully saturated rings. The van der Waals surface area contributed by atoms with Crippen molar-refractivity contribution in [3.8, 4) is 17.4 Å². The van der Waals surface area contributed by atoms with Crippen LogP contribution in [-0.4, -0.2) is 36.0 Å². The van der Waals surface area contributed by atoms with Crippen molar-refractivity contribution in [1.29, 1.82) is 5.26 Å². The summed E-state index contributed by atoms with van der Waals surface area (Å²) < 4.78 is 11.3. The van der Waals surface area contributed by atoms with E-state index in [4.69, 9.17) is 32.4 Å². The molecular formula is C24H22Cl2N2O4. The van der Waals surface area contributed by atoms with Crippen molar-refractivity contribution in [1.82, 2.24) is 4.90 Å². The van der Waals surface area contributed by atoms with Gasteiger partial charge in [0.05, 0.1) is 16.1 Å². The third kappa shape index (κ3) is 4.97. The van der Waals surface area contributed by atoms with Crippen molar-refractivity contribution < 1.29 is 18.7 Å². The second kappa shape index (κ2) is 10.2. The number of imide groups is 1. The molecule has 2 heterocycles. The smallest absolute Gasteiger partial charge is 0.271 e. The summed E-state index contributed by atoms with van der Waals surface area (Å²) in [6.07, 6.45) is 2.05. The van der Waals surface area contributed by atoms with E-state index in [1.165, 1.54) is 6.08 Å². The quantitative estimate of drug-likeness (QED) is 0.294. The molecule has 0 atom stereocenters. The number of nitrogens with zero attached hydrogens (tertiary/aromatic N) is 2. The first kappa shape index (κ1) is 23.8. The lowest BCUT2D eigenvalue weighted by atomic mass is 9.94. The van der Waals surface area contributed by atoms with Gasteiger partial charge in [0.25, 0.3) is 11.8 Å². The van der Waals surface area contributed by atoms with E-state index in [1.54, 1.807) is 37.3 Å². The van der Waals surface area contributed by atoms with Gasteiger partial charge in [-0.25, -0.2) is 0 Å². The van der Waals surface area contributed by atoms with Gasteiger partial charge in [0.1, 0.15) is 23.2 Å². The fourth-order valence-electron chi connectivity index (χ4n) is 3.29. The number of amides is 2. The number of hydrogen-bond donors (Lipinski definition) is 0. The van der Waals surface area contributed by atoms with E-state index < -0.39 is 11.8 Å². The molecule has 0 unspecified atom stereocenters. The third-order valence-electron chi connectivity index (χ3n) is 4.93. The van der Waals surface area contributed by atoms with Gasteiger partial charge >= 0.3 is 0 Å². The van der Waals surface area contributed by atoms with Gasteiger partial charge in [-0.3, -0.25) is 14.5 Å². The van der Waals surface area contributed by atoms with Crippen LogP contribution in [0.3, 0.4) is 0 Å². The van der Waals surface area contributed by atoms with Crippen molar-refractivity contribution >= 4 is 41.1 Å². The van der Waals surface area contributed by atoms with E-state index in [0.29, 0.717) is 45.7 Å². The van der Waals surface area contributed by atoms with Crippen LogP contribution in [0.2, 0.25) is 10.0 Å². The molecule has 1 aliphatic heterocycles. The Morgan fingerprint density at radius 1 is 1.19 bits per heavy atom. The van der Waals surface area contributed by atoms with Crippen LogP contribution >= 0.6 is 23.2 Å². The minimum Gasteiger partial charge on any atom is -0.457 e. The average molecular weight is 473 g/mol. The molecule has 0 spiro atoms. The molecule has 8 heteroatoms.